The van der Waals surface area contributed by atoms with E-state index in [4.69, 9.17) is 21.1 Å². The van der Waals surface area contributed by atoms with Gasteiger partial charge >= 0.3 is 0 Å². The highest BCUT2D eigenvalue weighted by molar-refractivity contribution is 6.29. The zero-order chi connectivity index (χ0) is 10.3. The molecule has 0 saturated carbocycles. The molecule has 0 N–H and O–H groups in total. The van der Waals surface area contributed by atoms with Crippen LogP contribution in [0, 0.1) is 0 Å². The van der Waals surface area contributed by atoms with Crippen LogP contribution in [0.1, 0.15) is 5.56 Å². The zero-order valence-corrected chi connectivity index (χ0v) is 8.91. The fourth-order valence-corrected chi connectivity index (χ4v) is 2.40. The van der Waals surface area contributed by atoms with E-state index < -0.39 is 5.79 Å². The summed E-state index contributed by atoms with van der Waals surface area (Å²) in [5.41, 5.74) is 2.24. The second-order valence-corrected chi connectivity index (χ2v) is 4.18. The Balaban J connectivity index is 1.92. The summed E-state index contributed by atoms with van der Waals surface area (Å²) in [6, 6.07) is 10.1. The van der Waals surface area contributed by atoms with E-state index in [1.807, 2.05) is 36.4 Å². The van der Waals surface area contributed by atoms with Crippen LogP contribution in [0.3, 0.4) is 0 Å². The van der Waals surface area contributed by atoms with Crippen molar-refractivity contribution < 1.29 is 9.47 Å². The van der Waals surface area contributed by atoms with Crippen molar-refractivity contribution in [1.29, 1.82) is 0 Å². The number of ether oxygens (including phenoxy) is 2. The minimum absolute atomic E-state index is 0.192. The maximum atomic E-state index is 6.29. The molecule has 0 amide bonds. The lowest BCUT2D eigenvalue weighted by Gasteiger charge is -2.39. The molecule has 1 aromatic carbocycles. The van der Waals surface area contributed by atoms with Gasteiger partial charge in [-0.3, -0.25) is 0 Å². The number of benzene rings is 1. The van der Waals surface area contributed by atoms with E-state index in [1.165, 1.54) is 0 Å². The topological polar surface area (TPSA) is 18.5 Å². The van der Waals surface area contributed by atoms with Crippen LogP contribution in [0.15, 0.2) is 36.4 Å². The molecule has 0 bridgehead atoms. The maximum absolute atomic E-state index is 6.29. The van der Waals surface area contributed by atoms with Crippen LogP contribution >= 0.6 is 11.6 Å². The molecule has 3 rings (SSSR count). The number of hydrogen-bond donors (Lipinski definition) is 0. The predicted octanol–water partition coefficient (Wildman–Crippen LogP) is 2.43. The quantitative estimate of drug-likeness (QED) is 0.680. The second kappa shape index (κ2) is 3.34. The minimum atomic E-state index is -0.646. The highest BCUT2D eigenvalue weighted by Crippen LogP contribution is 2.46. The third kappa shape index (κ3) is 1.33. The first-order valence-electron chi connectivity index (χ1n) is 5.02. The van der Waals surface area contributed by atoms with Gasteiger partial charge in [-0.1, -0.05) is 30.3 Å². The van der Waals surface area contributed by atoms with Gasteiger partial charge in [0.1, 0.15) is 5.38 Å². The molecular weight excluding hydrogens is 212 g/mol. The molecule has 1 aliphatic carbocycles. The maximum Gasteiger partial charge on any atom is 0.209 e. The molecule has 1 heterocycles. The third-order valence-corrected chi connectivity index (χ3v) is 3.37. The molecule has 1 aliphatic heterocycles. The fourth-order valence-electron chi connectivity index (χ4n) is 2.02. The minimum Gasteiger partial charge on any atom is -0.342 e. The van der Waals surface area contributed by atoms with Crippen molar-refractivity contribution in [3.05, 3.63) is 42.0 Å². The zero-order valence-electron chi connectivity index (χ0n) is 8.15. The molecule has 3 heteroatoms. The van der Waals surface area contributed by atoms with Gasteiger partial charge in [0, 0.05) is 0 Å². The summed E-state index contributed by atoms with van der Waals surface area (Å²) in [7, 11) is 0. The van der Waals surface area contributed by atoms with Crippen molar-refractivity contribution in [3.8, 4) is 0 Å². The summed E-state index contributed by atoms with van der Waals surface area (Å²) >= 11 is 6.29. The molecule has 1 unspecified atom stereocenters. The van der Waals surface area contributed by atoms with Crippen molar-refractivity contribution in [2.45, 2.75) is 11.2 Å². The van der Waals surface area contributed by atoms with Gasteiger partial charge in [-0.25, -0.2) is 0 Å². The van der Waals surface area contributed by atoms with Gasteiger partial charge in [-0.15, -0.1) is 11.6 Å². The molecular formula is C12H11ClO2. The summed E-state index contributed by atoms with van der Waals surface area (Å²) < 4.78 is 11.0. The van der Waals surface area contributed by atoms with Crippen molar-refractivity contribution in [2.75, 3.05) is 13.2 Å². The Hall–Kier alpha value is -0.830. The van der Waals surface area contributed by atoms with Gasteiger partial charge in [0.15, 0.2) is 0 Å². The number of hydrogen-bond acceptors (Lipinski definition) is 2. The summed E-state index contributed by atoms with van der Waals surface area (Å²) in [4.78, 5) is 0. The molecule has 1 aromatic rings. The number of halogens is 1. The van der Waals surface area contributed by atoms with E-state index in [-0.39, 0.29) is 5.38 Å². The Morgan fingerprint density at radius 2 is 1.80 bits per heavy atom. The molecule has 1 saturated heterocycles. The Morgan fingerprint density at radius 3 is 2.40 bits per heavy atom. The van der Waals surface area contributed by atoms with Crippen molar-refractivity contribution >= 4 is 17.2 Å². The molecule has 1 atom stereocenters. The van der Waals surface area contributed by atoms with E-state index in [9.17, 15) is 0 Å². The Bertz CT molecular complexity index is 393. The van der Waals surface area contributed by atoms with E-state index in [0.29, 0.717) is 13.2 Å². The van der Waals surface area contributed by atoms with Crippen LogP contribution in [0.4, 0.5) is 0 Å². The average Bonchev–Trinajstić information content (AvgIpc) is 2.78. The molecule has 1 fully saturated rings. The summed E-state index contributed by atoms with van der Waals surface area (Å²) in [5, 5.41) is -0.192. The van der Waals surface area contributed by atoms with E-state index in [2.05, 4.69) is 0 Å². The molecule has 1 spiro atoms. The molecule has 0 aromatic heterocycles. The normalized spacial score (nSPS) is 27.5. The van der Waals surface area contributed by atoms with Gasteiger partial charge in [-0.05, 0) is 17.2 Å². The van der Waals surface area contributed by atoms with Crippen LogP contribution < -0.4 is 0 Å². The van der Waals surface area contributed by atoms with E-state index in [0.717, 1.165) is 11.1 Å². The van der Waals surface area contributed by atoms with Crippen LogP contribution in [0.25, 0.3) is 5.57 Å². The monoisotopic (exact) mass is 222 g/mol. The fraction of sp³-hybridized carbons (Fsp3) is 0.333. The van der Waals surface area contributed by atoms with E-state index in [1.54, 1.807) is 0 Å². The van der Waals surface area contributed by atoms with Crippen LogP contribution in [-0.2, 0) is 9.47 Å². The molecule has 78 valence electrons. The van der Waals surface area contributed by atoms with Crippen LogP contribution in [-0.4, -0.2) is 24.4 Å². The Kier molecular flexibility index (Phi) is 2.09. The lowest BCUT2D eigenvalue weighted by atomic mass is 9.86. The first-order valence-corrected chi connectivity index (χ1v) is 5.46. The molecule has 2 aliphatic rings. The Labute approximate surface area is 93.5 Å². The van der Waals surface area contributed by atoms with Crippen LogP contribution in [0.2, 0.25) is 0 Å². The van der Waals surface area contributed by atoms with Gasteiger partial charge in [-0.2, -0.15) is 0 Å². The average molecular weight is 223 g/mol. The lowest BCUT2D eigenvalue weighted by Crippen LogP contribution is -2.46. The lowest BCUT2D eigenvalue weighted by molar-refractivity contribution is -0.118. The summed E-state index contributed by atoms with van der Waals surface area (Å²) in [6.07, 6.45) is 1.98. The first kappa shape index (κ1) is 9.40. The Morgan fingerprint density at radius 1 is 1.13 bits per heavy atom. The largest absolute Gasteiger partial charge is 0.342 e. The molecule has 0 radical (unpaired) electrons. The highest BCUT2D eigenvalue weighted by Gasteiger charge is 2.51. The third-order valence-electron chi connectivity index (χ3n) is 2.83. The second-order valence-electron chi connectivity index (χ2n) is 3.75. The standard InChI is InChI=1S/C12H11ClO2/c13-11-10(9-4-2-1-3-5-9)8-12(11)14-6-7-15-12/h1-5,8,11H,6-7H2. The van der Waals surface area contributed by atoms with Crippen molar-refractivity contribution in [3.63, 3.8) is 0 Å². The van der Waals surface area contributed by atoms with Crippen LogP contribution in [0.5, 0.6) is 0 Å². The van der Waals surface area contributed by atoms with Gasteiger partial charge < -0.3 is 9.47 Å². The van der Waals surface area contributed by atoms with Crippen molar-refractivity contribution in [1.82, 2.24) is 0 Å². The van der Waals surface area contributed by atoms with Gasteiger partial charge in [0.2, 0.25) is 5.79 Å². The number of alkyl halides is 1. The SMILES string of the molecule is ClC1C(c2ccccc2)=CC12OCCO2. The van der Waals surface area contributed by atoms with Crippen molar-refractivity contribution in [2.24, 2.45) is 0 Å². The van der Waals surface area contributed by atoms with Gasteiger partial charge in [0.05, 0.1) is 13.2 Å². The predicted molar refractivity (Wildman–Crippen MR) is 58.7 cm³/mol. The molecule has 2 nitrogen and oxygen atoms in total. The highest BCUT2D eigenvalue weighted by atomic mass is 35.5. The van der Waals surface area contributed by atoms with Gasteiger partial charge in [0.25, 0.3) is 0 Å². The number of rotatable bonds is 1. The summed E-state index contributed by atoms with van der Waals surface area (Å²) in [6.45, 7) is 1.25. The first-order chi connectivity index (χ1) is 7.32. The molecule has 15 heavy (non-hydrogen) atoms. The smallest absolute Gasteiger partial charge is 0.209 e. The summed E-state index contributed by atoms with van der Waals surface area (Å²) in [5.74, 6) is -0.646. The van der Waals surface area contributed by atoms with E-state index >= 15 is 0 Å².